The maximum absolute atomic E-state index is 11.7. The lowest BCUT2D eigenvalue weighted by Crippen LogP contribution is -2.31. The van der Waals surface area contributed by atoms with Gasteiger partial charge < -0.3 is 4.74 Å². The molecule has 0 aliphatic carbocycles. The van der Waals surface area contributed by atoms with E-state index in [0.717, 1.165) is 19.3 Å². The number of hydrogen-bond acceptors (Lipinski definition) is 2. The molecule has 2 nitrogen and oxygen atoms in total. The van der Waals surface area contributed by atoms with E-state index in [1.807, 2.05) is 6.92 Å². The quantitative estimate of drug-likeness (QED) is 0.178. The van der Waals surface area contributed by atoms with Gasteiger partial charge in [0, 0.05) is 5.57 Å². The SMILES string of the molecule is Br.C=C(C)C(=O)OC(C)(CC)CCCCCCCCCCCC. The molecule has 1 unspecified atom stereocenters. The molecule has 3 heteroatoms. The van der Waals surface area contributed by atoms with Crippen LogP contribution in [-0.4, -0.2) is 11.6 Å². The van der Waals surface area contributed by atoms with Crippen molar-refractivity contribution in [3.8, 4) is 0 Å². The molecular weight excluding hydrogens is 352 g/mol. The first-order valence-electron chi connectivity index (χ1n) is 9.34. The minimum absolute atomic E-state index is 0. The van der Waals surface area contributed by atoms with Gasteiger partial charge in [-0.05, 0) is 33.1 Å². The number of esters is 1. The number of rotatable bonds is 14. The molecule has 23 heavy (non-hydrogen) atoms. The average Bonchev–Trinajstić information content (AvgIpc) is 2.49. The maximum atomic E-state index is 11.7. The summed E-state index contributed by atoms with van der Waals surface area (Å²) >= 11 is 0. The van der Waals surface area contributed by atoms with Crippen molar-refractivity contribution < 1.29 is 9.53 Å². The molecule has 0 spiro atoms. The minimum atomic E-state index is -0.323. The molecule has 0 amide bonds. The van der Waals surface area contributed by atoms with Crippen LogP contribution < -0.4 is 0 Å². The molecule has 0 aromatic carbocycles. The standard InChI is InChI=1S/C20H38O2.BrH/c1-6-8-9-10-11-12-13-14-15-16-17-20(5,7-2)22-19(21)18(3)4;/h3,6-17H2,1-2,4-5H3;1H. The van der Waals surface area contributed by atoms with Gasteiger partial charge in [-0.3, -0.25) is 0 Å². The fourth-order valence-corrected chi connectivity index (χ4v) is 2.60. The Kier molecular flexibility index (Phi) is 16.5. The van der Waals surface area contributed by atoms with E-state index >= 15 is 0 Å². The predicted molar refractivity (Wildman–Crippen MR) is 106 cm³/mol. The summed E-state index contributed by atoms with van der Waals surface area (Å²) < 4.78 is 5.59. The zero-order valence-electron chi connectivity index (χ0n) is 15.9. The second kappa shape index (κ2) is 15.2. The molecule has 0 aliphatic rings. The fourth-order valence-electron chi connectivity index (χ4n) is 2.60. The van der Waals surface area contributed by atoms with E-state index in [1.165, 1.54) is 57.8 Å². The van der Waals surface area contributed by atoms with E-state index in [9.17, 15) is 4.79 Å². The number of halogens is 1. The number of carbonyl (C=O) groups is 1. The van der Waals surface area contributed by atoms with E-state index < -0.39 is 0 Å². The van der Waals surface area contributed by atoms with Crippen LogP contribution in [0.15, 0.2) is 12.2 Å². The van der Waals surface area contributed by atoms with Crippen LogP contribution in [0.2, 0.25) is 0 Å². The van der Waals surface area contributed by atoms with Crippen molar-refractivity contribution in [2.24, 2.45) is 0 Å². The second-order valence-electron chi connectivity index (χ2n) is 6.91. The van der Waals surface area contributed by atoms with E-state index in [4.69, 9.17) is 4.74 Å². The summed E-state index contributed by atoms with van der Waals surface area (Å²) in [6, 6.07) is 0. The molecule has 138 valence electrons. The summed E-state index contributed by atoms with van der Waals surface area (Å²) in [7, 11) is 0. The number of unbranched alkanes of at least 4 members (excludes halogenated alkanes) is 9. The van der Waals surface area contributed by atoms with Crippen molar-refractivity contribution in [2.75, 3.05) is 0 Å². The summed E-state index contributed by atoms with van der Waals surface area (Å²) in [5.41, 5.74) is 0.165. The molecule has 0 N–H and O–H groups in total. The largest absolute Gasteiger partial charge is 0.456 e. The third-order valence-corrected chi connectivity index (χ3v) is 4.49. The molecule has 0 aromatic rings. The topological polar surface area (TPSA) is 26.3 Å². The van der Waals surface area contributed by atoms with Gasteiger partial charge in [-0.25, -0.2) is 4.79 Å². The van der Waals surface area contributed by atoms with Crippen molar-refractivity contribution in [1.29, 1.82) is 0 Å². The smallest absolute Gasteiger partial charge is 0.333 e. The number of carbonyl (C=O) groups excluding carboxylic acids is 1. The minimum Gasteiger partial charge on any atom is -0.456 e. The third-order valence-electron chi connectivity index (χ3n) is 4.49. The maximum Gasteiger partial charge on any atom is 0.333 e. The van der Waals surface area contributed by atoms with Gasteiger partial charge in [0.05, 0.1) is 0 Å². The van der Waals surface area contributed by atoms with E-state index in [0.29, 0.717) is 5.57 Å². The zero-order valence-corrected chi connectivity index (χ0v) is 17.6. The number of ether oxygens (including phenoxy) is 1. The van der Waals surface area contributed by atoms with Gasteiger partial charge in [-0.15, -0.1) is 17.0 Å². The van der Waals surface area contributed by atoms with Gasteiger partial charge in [0.15, 0.2) is 0 Å². The van der Waals surface area contributed by atoms with Crippen LogP contribution in [0.25, 0.3) is 0 Å². The van der Waals surface area contributed by atoms with E-state index in [1.54, 1.807) is 6.92 Å². The molecule has 0 radical (unpaired) electrons. The van der Waals surface area contributed by atoms with Crippen LogP contribution >= 0.6 is 17.0 Å². The van der Waals surface area contributed by atoms with Crippen LogP contribution in [0.4, 0.5) is 0 Å². The Bertz CT molecular complexity index is 315. The van der Waals surface area contributed by atoms with Gasteiger partial charge in [0.25, 0.3) is 0 Å². The van der Waals surface area contributed by atoms with E-state index in [-0.39, 0.29) is 28.6 Å². The normalized spacial score (nSPS) is 13.0. The molecule has 1 atom stereocenters. The zero-order chi connectivity index (χ0) is 16.8. The lowest BCUT2D eigenvalue weighted by atomic mass is 9.94. The van der Waals surface area contributed by atoms with Crippen LogP contribution in [0.5, 0.6) is 0 Å². The summed E-state index contributed by atoms with van der Waals surface area (Å²) in [5.74, 6) is -0.253. The van der Waals surface area contributed by atoms with Gasteiger partial charge in [-0.1, -0.05) is 78.2 Å². The first-order chi connectivity index (χ1) is 10.4. The molecule has 0 aliphatic heterocycles. The van der Waals surface area contributed by atoms with Crippen LogP contribution in [0, 0.1) is 0 Å². The highest BCUT2D eigenvalue weighted by molar-refractivity contribution is 8.93. The van der Waals surface area contributed by atoms with Crippen molar-refractivity contribution in [2.45, 2.75) is 110 Å². The molecule has 0 rings (SSSR count). The van der Waals surface area contributed by atoms with Gasteiger partial charge in [-0.2, -0.15) is 0 Å². The predicted octanol–water partition coefficient (Wildman–Crippen LogP) is 7.16. The Labute approximate surface area is 155 Å². The Balaban J connectivity index is 0. The first kappa shape index (κ1) is 24.9. The summed E-state index contributed by atoms with van der Waals surface area (Å²) in [4.78, 5) is 11.7. The molecule has 0 fully saturated rings. The van der Waals surface area contributed by atoms with Crippen LogP contribution in [0.3, 0.4) is 0 Å². The molecule has 0 heterocycles. The van der Waals surface area contributed by atoms with Gasteiger partial charge in [0.1, 0.15) is 5.60 Å². The summed E-state index contributed by atoms with van der Waals surface area (Å²) in [6.45, 7) is 11.8. The van der Waals surface area contributed by atoms with Crippen LogP contribution in [0.1, 0.15) is 105 Å². The summed E-state index contributed by atoms with van der Waals surface area (Å²) in [6.07, 6.45) is 15.1. The Morgan fingerprint density at radius 3 is 1.74 bits per heavy atom. The molecular formula is C20H39BrO2. The highest BCUT2D eigenvalue weighted by atomic mass is 79.9. The monoisotopic (exact) mass is 390 g/mol. The molecule has 0 saturated carbocycles. The van der Waals surface area contributed by atoms with Crippen LogP contribution in [-0.2, 0) is 9.53 Å². The first-order valence-corrected chi connectivity index (χ1v) is 9.34. The Hall–Kier alpha value is -0.310. The van der Waals surface area contributed by atoms with Crippen molar-refractivity contribution in [3.05, 3.63) is 12.2 Å². The van der Waals surface area contributed by atoms with Crippen molar-refractivity contribution in [1.82, 2.24) is 0 Å². The number of hydrogen-bond donors (Lipinski definition) is 0. The van der Waals surface area contributed by atoms with Crippen molar-refractivity contribution >= 4 is 23.0 Å². The highest BCUT2D eigenvalue weighted by Crippen LogP contribution is 2.24. The fraction of sp³-hybridized carbons (Fsp3) is 0.850. The van der Waals surface area contributed by atoms with Gasteiger partial charge in [0.2, 0.25) is 0 Å². The Morgan fingerprint density at radius 2 is 1.35 bits per heavy atom. The lowest BCUT2D eigenvalue weighted by molar-refractivity contribution is -0.154. The lowest BCUT2D eigenvalue weighted by Gasteiger charge is -2.28. The Morgan fingerprint density at radius 1 is 0.913 bits per heavy atom. The highest BCUT2D eigenvalue weighted by Gasteiger charge is 2.26. The van der Waals surface area contributed by atoms with Crippen molar-refractivity contribution in [3.63, 3.8) is 0 Å². The third kappa shape index (κ3) is 13.8. The van der Waals surface area contributed by atoms with E-state index in [2.05, 4.69) is 20.4 Å². The average molecular weight is 391 g/mol. The molecule has 0 aromatic heterocycles. The molecule has 0 saturated heterocycles. The second-order valence-corrected chi connectivity index (χ2v) is 6.91. The van der Waals surface area contributed by atoms with Gasteiger partial charge >= 0.3 is 5.97 Å². The summed E-state index contributed by atoms with van der Waals surface area (Å²) in [5, 5.41) is 0. The molecule has 0 bridgehead atoms.